The van der Waals surface area contributed by atoms with Gasteiger partial charge in [0.25, 0.3) is 11.8 Å². The van der Waals surface area contributed by atoms with Gasteiger partial charge in [-0.25, -0.2) is 0 Å². The maximum absolute atomic E-state index is 13.0. The molecule has 0 bridgehead atoms. The number of carbonyl (C=O) groups excluding carboxylic acids is 2. The second kappa shape index (κ2) is 6.94. The Hall–Kier alpha value is -2.62. The summed E-state index contributed by atoms with van der Waals surface area (Å²) in [7, 11) is 0. The van der Waals surface area contributed by atoms with E-state index in [0.717, 1.165) is 42.4 Å². The third-order valence-corrected chi connectivity index (χ3v) is 5.11. The highest BCUT2D eigenvalue weighted by Crippen LogP contribution is 2.30. The second-order valence-electron chi connectivity index (χ2n) is 7.42. The molecule has 134 valence electrons. The molecule has 1 N–H and O–H groups in total. The minimum atomic E-state index is -0.00548. The lowest BCUT2D eigenvalue weighted by Gasteiger charge is -2.23. The molecule has 2 aromatic carbocycles. The van der Waals surface area contributed by atoms with Crippen LogP contribution in [-0.2, 0) is 6.54 Å². The highest BCUT2D eigenvalue weighted by atomic mass is 16.2. The van der Waals surface area contributed by atoms with Gasteiger partial charge in [-0.3, -0.25) is 9.59 Å². The van der Waals surface area contributed by atoms with Crippen LogP contribution in [0, 0.1) is 6.92 Å². The van der Waals surface area contributed by atoms with E-state index in [-0.39, 0.29) is 11.8 Å². The summed E-state index contributed by atoms with van der Waals surface area (Å²) in [5.41, 5.74) is 3.53. The monoisotopic (exact) mass is 348 g/mol. The maximum atomic E-state index is 13.0. The minimum absolute atomic E-state index is 0.00548. The standard InChI is InChI=1S/C22H24N2O2/c1-15-4-2-3-5-20(15)22(26)24(19-12-13-19)14-16-6-8-17(9-7-16)21(25)23-18-10-11-18/h2-9,18-19H,10-14H2,1H3,(H,23,25). The normalized spacial score (nSPS) is 16.2. The summed E-state index contributed by atoms with van der Waals surface area (Å²) in [6, 6.07) is 16.1. The van der Waals surface area contributed by atoms with Crippen molar-refractivity contribution in [3.05, 3.63) is 70.8 Å². The van der Waals surface area contributed by atoms with Gasteiger partial charge in [0.2, 0.25) is 0 Å². The van der Waals surface area contributed by atoms with Crippen molar-refractivity contribution in [3.8, 4) is 0 Å². The molecule has 2 amide bonds. The van der Waals surface area contributed by atoms with Crippen LogP contribution in [0.5, 0.6) is 0 Å². The highest BCUT2D eigenvalue weighted by molar-refractivity contribution is 5.96. The fourth-order valence-corrected chi connectivity index (χ4v) is 3.18. The average Bonchev–Trinajstić information content (AvgIpc) is 3.54. The molecule has 4 rings (SSSR count). The van der Waals surface area contributed by atoms with Crippen molar-refractivity contribution >= 4 is 11.8 Å². The Kier molecular flexibility index (Phi) is 4.49. The van der Waals surface area contributed by atoms with Gasteiger partial charge in [-0.1, -0.05) is 30.3 Å². The fourth-order valence-electron chi connectivity index (χ4n) is 3.18. The zero-order valence-corrected chi connectivity index (χ0v) is 15.1. The molecule has 0 heterocycles. The summed E-state index contributed by atoms with van der Waals surface area (Å²) in [5.74, 6) is 0.0928. The largest absolute Gasteiger partial charge is 0.349 e. The van der Waals surface area contributed by atoms with Crippen LogP contribution in [0.2, 0.25) is 0 Å². The number of nitrogens with zero attached hydrogens (tertiary/aromatic N) is 1. The van der Waals surface area contributed by atoms with Gasteiger partial charge < -0.3 is 10.2 Å². The average molecular weight is 348 g/mol. The van der Waals surface area contributed by atoms with Crippen molar-refractivity contribution in [3.63, 3.8) is 0 Å². The summed E-state index contributed by atoms with van der Waals surface area (Å²) in [6.07, 6.45) is 4.31. The summed E-state index contributed by atoms with van der Waals surface area (Å²) in [4.78, 5) is 27.1. The number of amides is 2. The maximum Gasteiger partial charge on any atom is 0.254 e. The molecule has 0 atom stereocenters. The number of carbonyl (C=O) groups is 2. The number of hydrogen-bond acceptors (Lipinski definition) is 2. The van der Waals surface area contributed by atoms with Gasteiger partial charge in [0.15, 0.2) is 0 Å². The minimum Gasteiger partial charge on any atom is -0.349 e. The van der Waals surface area contributed by atoms with Gasteiger partial charge in [-0.05, 0) is 61.9 Å². The van der Waals surface area contributed by atoms with E-state index >= 15 is 0 Å². The Morgan fingerprint density at radius 1 is 1.00 bits per heavy atom. The lowest BCUT2D eigenvalue weighted by atomic mass is 10.1. The van der Waals surface area contributed by atoms with Gasteiger partial charge in [-0.2, -0.15) is 0 Å². The SMILES string of the molecule is Cc1ccccc1C(=O)N(Cc1ccc(C(=O)NC2CC2)cc1)C1CC1. The molecule has 0 aliphatic heterocycles. The second-order valence-corrected chi connectivity index (χ2v) is 7.42. The predicted molar refractivity (Wildman–Crippen MR) is 101 cm³/mol. The lowest BCUT2D eigenvalue weighted by molar-refractivity contribution is 0.0728. The molecular weight excluding hydrogens is 324 g/mol. The zero-order valence-electron chi connectivity index (χ0n) is 15.1. The smallest absolute Gasteiger partial charge is 0.254 e. The fraction of sp³-hybridized carbons (Fsp3) is 0.364. The Morgan fingerprint density at radius 2 is 1.69 bits per heavy atom. The first kappa shape index (κ1) is 16.8. The molecule has 0 spiro atoms. The Balaban J connectivity index is 1.47. The van der Waals surface area contributed by atoms with Crippen LogP contribution in [-0.4, -0.2) is 28.8 Å². The van der Waals surface area contributed by atoms with Crippen molar-refractivity contribution in [2.75, 3.05) is 0 Å². The van der Waals surface area contributed by atoms with Crippen LogP contribution in [0.4, 0.5) is 0 Å². The molecule has 0 radical (unpaired) electrons. The Morgan fingerprint density at radius 3 is 2.31 bits per heavy atom. The number of benzene rings is 2. The first-order valence-electron chi connectivity index (χ1n) is 9.38. The van der Waals surface area contributed by atoms with Crippen molar-refractivity contribution in [2.45, 2.75) is 51.2 Å². The molecular formula is C22H24N2O2. The first-order valence-corrected chi connectivity index (χ1v) is 9.38. The van der Waals surface area contributed by atoms with Gasteiger partial charge >= 0.3 is 0 Å². The quantitative estimate of drug-likeness (QED) is 0.865. The molecule has 4 nitrogen and oxygen atoms in total. The van der Waals surface area contributed by atoms with Crippen LogP contribution < -0.4 is 5.32 Å². The molecule has 0 unspecified atom stereocenters. The zero-order chi connectivity index (χ0) is 18.1. The molecule has 26 heavy (non-hydrogen) atoms. The third-order valence-electron chi connectivity index (χ3n) is 5.11. The summed E-state index contributed by atoms with van der Waals surface area (Å²) >= 11 is 0. The van der Waals surface area contributed by atoms with Crippen LogP contribution in [0.25, 0.3) is 0 Å². The lowest BCUT2D eigenvalue weighted by Crippen LogP contribution is -2.33. The predicted octanol–water partition coefficient (Wildman–Crippen LogP) is 3.69. The van der Waals surface area contributed by atoms with E-state index in [4.69, 9.17) is 0 Å². The van der Waals surface area contributed by atoms with Gasteiger partial charge in [0.1, 0.15) is 0 Å². The summed E-state index contributed by atoms with van der Waals surface area (Å²) in [5, 5.41) is 3.00. The van der Waals surface area contributed by atoms with Crippen molar-refractivity contribution < 1.29 is 9.59 Å². The Labute approximate surface area is 154 Å². The van der Waals surface area contributed by atoms with Crippen LogP contribution in [0.1, 0.15) is 57.5 Å². The number of hydrogen-bond donors (Lipinski definition) is 1. The van der Waals surface area contributed by atoms with E-state index in [2.05, 4.69) is 5.32 Å². The molecule has 0 saturated heterocycles. The van der Waals surface area contributed by atoms with Crippen molar-refractivity contribution in [1.82, 2.24) is 10.2 Å². The molecule has 2 aliphatic rings. The van der Waals surface area contributed by atoms with Gasteiger partial charge in [-0.15, -0.1) is 0 Å². The first-order chi connectivity index (χ1) is 12.6. The molecule has 2 saturated carbocycles. The number of rotatable bonds is 6. The van der Waals surface area contributed by atoms with Gasteiger partial charge in [0.05, 0.1) is 0 Å². The van der Waals surface area contributed by atoms with E-state index < -0.39 is 0 Å². The van der Waals surface area contributed by atoms with Crippen molar-refractivity contribution in [1.29, 1.82) is 0 Å². The number of aryl methyl sites for hydroxylation is 1. The topological polar surface area (TPSA) is 49.4 Å². The van der Waals surface area contributed by atoms with E-state index in [1.165, 1.54) is 0 Å². The molecule has 0 aromatic heterocycles. The third kappa shape index (κ3) is 3.79. The molecule has 2 fully saturated rings. The van der Waals surface area contributed by atoms with Crippen LogP contribution in [0.3, 0.4) is 0 Å². The summed E-state index contributed by atoms with van der Waals surface area (Å²) < 4.78 is 0. The van der Waals surface area contributed by atoms with E-state index in [0.29, 0.717) is 24.2 Å². The molecule has 2 aromatic rings. The summed E-state index contributed by atoms with van der Waals surface area (Å²) in [6.45, 7) is 2.56. The van der Waals surface area contributed by atoms with Crippen molar-refractivity contribution in [2.24, 2.45) is 0 Å². The molecule has 4 heteroatoms. The highest BCUT2D eigenvalue weighted by Gasteiger charge is 2.33. The van der Waals surface area contributed by atoms with Gasteiger partial charge in [0, 0.05) is 29.8 Å². The van der Waals surface area contributed by atoms with E-state index in [1.807, 2.05) is 60.4 Å². The Bertz CT molecular complexity index is 820. The van der Waals surface area contributed by atoms with Crippen LogP contribution in [0.15, 0.2) is 48.5 Å². The van der Waals surface area contributed by atoms with E-state index in [1.54, 1.807) is 0 Å². The molecule has 2 aliphatic carbocycles. The van der Waals surface area contributed by atoms with Crippen LogP contribution >= 0.6 is 0 Å². The number of nitrogens with one attached hydrogen (secondary N) is 1. The van der Waals surface area contributed by atoms with E-state index in [9.17, 15) is 9.59 Å².